The van der Waals surface area contributed by atoms with Crippen LogP contribution in [0.25, 0.3) is 11.0 Å². The van der Waals surface area contributed by atoms with Crippen LogP contribution in [-0.4, -0.2) is 58.6 Å². The van der Waals surface area contributed by atoms with Crippen LogP contribution in [-0.2, 0) is 16.6 Å². The number of rotatable bonds is 4. The second kappa shape index (κ2) is 9.02. The third kappa shape index (κ3) is 4.24. The van der Waals surface area contributed by atoms with E-state index in [9.17, 15) is 14.4 Å². The SMILES string of the molecule is Cn1c(=O)n(C2CCC(=O)NC2=O)c2cc(F)c(C3CCN(CC4CCNCC4)CC3)cc21. The Morgan fingerprint density at radius 2 is 1.73 bits per heavy atom. The van der Waals surface area contributed by atoms with E-state index in [2.05, 4.69) is 15.5 Å². The number of amides is 2. The fourth-order valence-electron chi connectivity index (χ4n) is 5.80. The molecule has 2 amide bonds. The number of fused-ring (bicyclic) bond motifs is 1. The Labute approximate surface area is 192 Å². The number of likely N-dealkylation sites (tertiary alicyclic amines) is 1. The van der Waals surface area contributed by atoms with Gasteiger partial charge in [0.1, 0.15) is 11.9 Å². The van der Waals surface area contributed by atoms with Gasteiger partial charge in [0.2, 0.25) is 11.8 Å². The number of hydrogen-bond acceptors (Lipinski definition) is 5. The maximum Gasteiger partial charge on any atom is 0.329 e. The molecule has 1 unspecified atom stereocenters. The average Bonchev–Trinajstić information content (AvgIpc) is 3.04. The molecule has 0 bridgehead atoms. The minimum Gasteiger partial charge on any atom is -0.317 e. The third-order valence-corrected chi connectivity index (χ3v) is 7.73. The Morgan fingerprint density at radius 1 is 1.00 bits per heavy atom. The summed E-state index contributed by atoms with van der Waals surface area (Å²) in [5, 5.41) is 5.70. The standard InChI is InChI=1S/C24H32FN5O3/c1-28-20-12-17(16-6-10-29(11-7-16)14-15-4-8-26-9-5-15)18(25)13-21(20)30(24(28)33)19-2-3-22(31)27-23(19)32/h12-13,15-16,19,26H,2-11,14H2,1H3,(H,27,31,32). The van der Waals surface area contributed by atoms with Crippen LogP contribution in [0.3, 0.4) is 0 Å². The van der Waals surface area contributed by atoms with Crippen molar-refractivity contribution in [3.05, 3.63) is 34.0 Å². The van der Waals surface area contributed by atoms with Gasteiger partial charge in [0.25, 0.3) is 0 Å². The molecular weight excluding hydrogens is 425 g/mol. The lowest BCUT2D eigenvalue weighted by molar-refractivity contribution is -0.135. The van der Waals surface area contributed by atoms with Crippen molar-refractivity contribution < 1.29 is 14.0 Å². The molecule has 8 nitrogen and oxygen atoms in total. The molecule has 3 aliphatic rings. The fourth-order valence-corrected chi connectivity index (χ4v) is 5.80. The van der Waals surface area contributed by atoms with E-state index in [0.29, 0.717) is 16.6 Å². The molecule has 0 aliphatic carbocycles. The quantitative estimate of drug-likeness (QED) is 0.682. The Hall–Kier alpha value is -2.52. The number of nitrogens with zero attached hydrogens (tertiary/aromatic N) is 3. The largest absolute Gasteiger partial charge is 0.329 e. The number of imide groups is 1. The van der Waals surface area contributed by atoms with Crippen molar-refractivity contribution in [2.24, 2.45) is 13.0 Å². The van der Waals surface area contributed by atoms with Gasteiger partial charge in [-0.3, -0.25) is 24.0 Å². The van der Waals surface area contributed by atoms with Gasteiger partial charge in [-0.1, -0.05) is 0 Å². The topological polar surface area (TPSA) is 88.4 Å². The van der Waals surface area contributed by atoms with Crippen molar-refractivity contribution in [2.45, 2.75) is 50.5 Å². The number of hydrogen-bond donors (Lipinski definition) is 2. The van der Waals surface area contributed by atoms with E-state index in [0.717, 1.165) is 51.5 Å². The summed E-state index contributed by atoms with van der Waals surface area (Å²) in [5.74, 6) is -0.313. The first-order valence-corrected chi connectivity index (χ1v) is 12.1. The molecule has 5 rings (SSSR count). The molecule has 3 fully saturated rings. The second-order valence-electron chi connectivity index (χ2n) is 9.81. The average molecular weight is 458 g/mol. The van der Waals surface area contributed by atoms with E-state index in [1.165, 1.54) is 28.0 Å². The van der Waals surface area contributed by atoms with Crippen molar-refractivity contribution in [1.29, 1.82) is 0 Å². The monoisotopic (exact) mass is 457 g/mol. The number of aryl methyl sites for hydroxylation is 1. The molecule has 3 saturated heterocycles. The van der Waals surface area contributed by atoms with Gasteiger partial charge < -0.3 is 10.2 Å². The number of carbonyl (C=O) groups excluding carboxylic acids is 2. The number of aromatic nitrogens is 2. The maximum atomic E-state index is 15.3. The zero-order valence-corrected chi connectivity index (χ0v) is 19.1. The Kier molecular flexibility index (Phi) is 6.09. The molecule has 2 aromatic rings. The predicted molar refractivity (Wildman–Crippen MR) is 123 cm³/mol. The van der Waals surface area contributed by atoms with Crippen LogP contribution in [0.4, 0.5) is 4.39 Å². The normalized spacial score (nSPS) is 23.9. The number of piperidine rings is 3. The number of imidazole rings is 1. The Morgan fingerprint density at radius 3 is 2.42 bits per heavy atom. The van der Waals surface area contributed by atoms with Crippen LogP contribution in [0.5, 0.6) is 0 Å². The van der Waals surface area contributed by atoms with Crippen molar-refractivity contribution in [3.8, 4) is 0 Å². The van der Waals surface area contributed by atoms with Crippen LogP contribution in [0, 0.1) is 11.7 Å². The molecular formula is C24H32FN5O3. The van der Waals surface area contributed by atoms with Gasteiger partial charge in [0.05, 0.1) is 11.0 Å². The van der Waals surface area contributed by atoms with Crippen LogP contribution in [0.2, 0.25) is 0 Å². The first kappa shape index (κ1) is 22.3. The van der Waals surface area contributed by atoms with Gasteiger partial charge in [-0.2, -0.15) is 0 Å². The molecule has 1 atom stereocenters. The molecule has 2 N–H and O–H groups in total. The summed E-state index contributed by atoms with van der Waals surface area (Å²) < 4.78 is 18.1. The third-order valence-electron chi connectivity index (χ3n) is 7.73. The zero-order valence-electron chi connectivity index (χ0n) is 19.1. The molecule has 4 heterocycles. The smallest absolute Gasteiger partial charge is 0.317 e. The maximum absolute atomic E-state index is 15.3. The van der Waals surface area contributed by atoms with Gasteiger partial charge in [0, 0.05) is 26.1 Å². The molecule has 0 saturated carbocycles. The molecule has 1 aromatic heterocycles. The van der Waals surface area contributed by atoms with E-state index < -0.39 is 11.9 Å². The highest BCUT2D eigenvalue weighted by molar-refractivity contribution is 6.00. The van der Waals surface area contributed by atoms with Crippen LogP contribution in [0.1, 0.15) is 56.0 Å². The van der Waals surface area contributed by atoms with Gasteiger partial charge in [-0.25, -0.2) is 9.18 Å². The van der Waals surface area contributed by atoms with Gasteiger partial charge in [-0.05, 0) is 81.7 Å². The fraction of sp³-hybridized carbons (Fsp3) is 0.625. The first-order valence-electron chi connectivity index (χ1n) is 12.1. The van der Waals surface area contributed by atoms with Crippen molar-refractivity contribution in [3.63, 3.8) is 0 Å². The van der Waals surface area contributed by atoms with E-state index in [1.807, 2.05) is 0 Å². The van der Waals surface area contributed by atoms with Gasteiger partial charge in [0.15, 0.2) is 0 Å². The summed E-state index contributed by atoms with van der Waals surface area (Å²) in [6.07, 6.45) is 4.65. The molecule has 1 aromatic carbocycles. The Balaban J connectivity index is 1.37. The molecule has 178 valence electrons. The number of nitrogens with one attached hydrogen (secondary N) is 2. The highest BCUT2D eigenvalue weighted by Gasteiger charge is 2.32. The van der Waals surface area contributed by atoms with Gasteiger partial charge in [-0.15, -0.1) is 0 Å². The van der Waals surface area contributed by atoms with E-state index in [4.69, 9.17) is 0 Å². The molecule has 0 radical (unpaired) electrons. The predicted octanol–water partition coefficient (Wildman–Crippen LogP) is 1.64. The lowest BCUT2D eigenvalue weighted by atomic mass is 9.87. The van der Waals surface area contributed by atoms with Gasteiger partial charge >= 0.3 is 5.69 Å². The first-order chi connectivity index (χ1) is 15.9. The highest BCUT2D eigenvalue weighted by Crippen LogP contribution is 2.34. The summed E-state index contributed by atoms with van der Waals surface area (Å²) in [6.45, 7) is 5.25. The minimum atomic E-state index is -0.803. The summed E-state index contributed by atoms with van der Waals surface area (Å²) in [4.78, 5) is 39.4. The molecule has 0 spiro atoms. The summed E-state index contributed by atoms with van der Waals surface area (Å²) in [7, 11) is 1.65. The molecule has 9 heteroatoms. The summed E-state index contributed by atoms with van der Waals surface area (Å²) >= 11 is 0. The van der Waals surface area contributed by atoms with Crippen molar-refractivity contribution >= 4 is 22.8 Å². The lowest BCUT2D eigenvalue weighted by Gasteiger charge is -2.35. The van der Waals surface area contributed by atoms with Crippen LogP contribution < -0.4 is 16.3 Å². The van der Waals surface area contributed by atoms with Crippen LogP contribution in [0.15, 0.2) is 16.9 Å². The Bertz CT molecular complexity index is 1130. The highest BCUT2D eigenvalue weighted by atomic mass is 19.1. The lowest BCUT2D eigenvalue weighted by Crippen LogP contribution is -2.44. The molecule has 3 aliphatic heterocycles. The van der Waals surface area contributed by atoms with Crippen molar-refractivity contribution in [1.82, 2.24) is 24.7 Å². The summed E-state index contributed by atoms with van der Waals surface area (Å²) in [5.41, 5.74) is 1.31. The molecule has 33 heavy (non-hydrogen) atoms. The number of benzene rings is 1. The summed E-state index contributed by atoms with van der Waals surface area (Å²) in [6, 6.07) is 2.39. The van der Waals surface area contributed by atoms with E-state index >= 15 is 4.39 Å². The second-order valence-corrected chi connectivity index (χ2v) is 9.81. The van der Waals surface area contributed by atoms with Crippen molar-refractivity contribution in [2.75, 3.05) is 32.7 Å². The zero-order chi connectivity index (χ0) is 23.1. The minimum absolute atomic E-state index is 0.118. The number of halogens is 1. The van der Waals surface area contributed by atoms with E-state index in [-0.39, 0.29) is 36.2 Å². The van der Waals surface area contributed by atoms with E-state index in [1.54, 1.807) is 13.1 Å². The number of carbonyl (C=O) groups is 2. The van der Waals surface area contributed by atoms with Crippen LogP contribution >= 0.6 is 0 Å².